The van der Waals surface area contributed by atoms with E-state index in [1.807, 2.05) is 0 Å². The second-order valence-electron chi connectivity index (χ2n) is 7.10. The highest BCUT2D eigenvalue weighted by atomic mass is 14.9. The highest BCUT2D eigenvalue weighted by molar-refractivity contribution is 5.62. The maximum atomic E-state index is 4.95. The molecule has 2 nitrogen and oxygen atoms in total. The molecule has 2 atom stereocenters. The Bertz CT molecular complexity index is 301. The van der Waals surface area contributed by atoms with E-state index in [1.54, 1.807) is 0 Å². The number of hydrogen-bond acceptors (Lipinski definition) is 2. The Morgan fingerprint density at radius 2 is 0.850 bits per heavy atom. The minimum absolute atomic E-state index is 0.488. The van der Waals surface area contributed by atoms with Crippen LogP contribution in [0.5, 0.6) is 0 Å². The first-order chi connectivity index (χ1) is 9.92. The van der Waals surface area contributed by atoms with Gasteiger partial charge in [0.15, 0.2) is 0 Å². The molecular formula is C18H30N2. The lowest BCUT2D eigenvalue weighted by Crippen LogP contribution is -2.27. The van der Waals surface area contributed by atoms with Gasteiger partial charge in [0.25, 0.3) is 0 Å². The van der Waals surface area contributed by atoms with Gasteiger partial charge in [0, 0.05) is 12.4 Å². The molecule has 0 saturated heterocycles. The van der Waals surface area contributed by atoms with E-state index in [0.29, 0.717) is 12.1 Å². The number of nitrogens with zero attached hydrogens (tertiary/aromatic N) is 2. The maximum absolute atomic E-state index is 4.95. The van der Waals surface area contributed by atoms with Gasteiger partial charge in [-0.2, -0.15) is 0 Å². The lowest BCUT2D eigenvalue weighted by Gasteiger charge is -2.26. The molecule has 0 aromatic carbocycles. The molecule has 3 aliphatic rings. The second-order valence-corrected chi connectivity index (χ2v) is 7.10. The molecule has 112 valence electrons. The first-order valence-electron chi connectivity index (χ1n) is 8.98. The predicted octanol–water partition coefficient (Wildman–Crippen LogP) is 4.82. The Balaban J connectivity index is 1.55. The van der Waals surface area contributed by atoms with Crippen LogP contribution in [0.3, 0.4) is 0 Å². The van der Waals surface area contributed by atoms with Crippen LogP contribution in [0.25, 0.3) is 0 Å². The van der Waals surface area contributed by atoms with Gasteiger partial charge >= 0.3 is 0 Å². The molecule has 3 saturated carbocycles. The minimum Gasteiger partial charge on any atom is -0.292 e. The molecule has 0 unspecified atom stereocenters. The normalized spacial score (nSPS) is 33.8. The molecule has 0 bridgehead atoms. The van der Waals surface area contributed by atoms with Crippen molar-refractivity contribution in [3.05, 3.63) is 0 Å². The molecule has 0 radical (unpaired) electrons. The molecule has 0 amide bonds. The SMILES string of the molecule is C(=N[C@@H]1CCCC[C@H]1N=CC1CCCC1)C1CCCC1. The van der Waals surface area contributed by atoms with Crippen molar-refractivity contribution >= 4 is 12.4 Å². The van der Waals surface area contributed by atoms with Crippen LogP contribution in [-0.4, -0.2) is 24.5 Å². The van der Waals surface area contributed by atoms with E-state index in [-0.39, 0.29) is 0 Å². The Hall–Kier alpha value is -0.660. The first-order valence-corrected chi connectivity index (χ1v) is 8.98. The van der Waals surface area contributed by atoms with Gasteiger partial charge < -0.3 is 0 Å². The summed E-state index contributed by atoms with van der Waals surface area (Å²) in [6.45, 7) is 0. The molecular weight excluding hydrogens is 244 g/mol. The van der Waals surface area contributed by atoms with E-state index in [0.717, 1.165) is 11.8 Å². The van der Waals surface area contributed by atoms with Gasteiger partial charge in [0.05, 0.1) is 12.1 Å². The average molecular weight is 274 g/mol. The van der Waals surface area contributed by atoms with Crippen molar-refractivity contribution < 1.29 is 0 Å². The standard InChI is InChI=1S/C18H30N2/c1-2-8-15(7-1)13-19-17-11-5-6-12-18(17)20-14-16-9-3-4-10-16/h13-18H,1-12H2/t17-,18-/m1/s1. The molecule has 3 rings (SSSR count). The fourth-order valence-electron chi connectivity index (χ4n) is 4.12. The summed E-state index contributed by atoms with van der Waals surface area (Å²) in [5, 5.41) is 0. The topological polar surface area (TPSA) is 24.7 Å². The molecule has 0 heterocycles. The molecule has 3 aliphatic carbocycles. The van der Waals surface area contributed by atoms with Gasteiger partial charge in [-0.25, -0.2) is 0 Å². The predicted molar refractivity (Wildman–Crippen MR) is 86.9 cm³/mol. The van der Waals surface area contributed by atoms with Crippen molar-refractivity contribution in [2.75, 3.05) is 0 Å². The van der Waals surface area contributed by atoms with E-state index >= 15 is 0 Å². The molecule has 0 aromatic rings. The summed E-state index contributed by atoms with van der Waals surface area (Å²) in [5.41, 5.74) is 0. The minimum atomic E-state index is 0.488. The smallest absolute Gasteiger partial charge is 0.0719 e. The molecule has 0 N–H and O–H groups in total. The van der Waals surface area contributed by atoms with E-state index in [2.05, 4.69) is 12.4 Å². The third-order valence-electron chi connectivity index (χ3n) is 5.47. The molecule has 2 heteroatoms. The van der Waals surface area contributed by atoms with Gasteiger partial charge in [0.2, 0.25) is 0 Å². The quantitative estimate of drug-likeness (QED) is 0.657. The van der Waals surface area contributed by atoms with Gasteiger partial charge in [-0.1, -0.05) is 38.5 Å². The third kappa shape index (κ3) is 3.93. The highest BCUT2D eigenvalue weighted by Gasteiger charge is 2.24. The molecule has 0 spiro atoms. The summed E-state index contributed by atoms with van der Waals surface area (Å²) >= 11 is 0. The summed E-state index contributed by atoms with van der Waals surface area (Å²) < 4.78 is 0. The zero-order valence-corrected chi connectivity index (χ0v) is 12.8. The van der Waals surface area contributed by atoms with Crippen molar-refractivity contribution in [2.45, 2.75) is 89.1 Å². The zero-order chi connectivity index (χ0) is 13.6. The van der Waals surface area contributed by atoms with E-state index in [1.165, 1.54) is 77.0 Å². The largest absolute Gasteiger partial charge is 0.292 e. The van der Waals surface area contributed by atoms with Crippen LogP contribution in [0, 0.1) is 11.8 Å². The van der Waals surface area contributed by atoms with Crippen molar-refractivity contribution in [1.29, 1.82) is 0 Å². The second kappa shape index (κ2) is 7.38. The third-order valence-corrected chi connectivity index (χ3v) is 5.47. The molecule has 20 heavy (non-hydrogen) atoms. The van der Waals surface area contributed by atoms with Crippen LogP contribution in [0.1, 0.15) is 77.0 Å². The Kier molecular flexibility index (Phi) is 5.27. The summed E-state index contributed by atoms with van der Waals surface area (Å²) in [6, 6.07) is 0.976. The van der Waals surface area contributed by atoms with E-state index in [4.69, 9.17) is 9.98 Å². The van der Waals surface area contributed by atoms with Crippen molar-refractivity contribution in [3.63, 3.8) is 0 Å². The monoisotopic (exact) mass is 274 g/mol. The fourth-order valence-corrected chi connectivity index (χ4v) is 4.12. The number of aliphatic imine (C=N–C) groups is 2. The zero-order valence-electron chi connectivity index (χ0n) is 12.8. The maximum Gasteiger partial charge on any atom is 0.0719 e. The highest BCUT2D eigenvalue weighted by Crippen LogP contribution is 2.28. The summed E-state index contributed by atoms with van der Waals surface area (Å²) in [5.74, 6) is 1.55. The van der Waals surface area contributed by atoms with Crippen molar-refractivity contribution in [1.82, 2.24) is 0 Å². The lowest BCUT2D eigenvalue weighted by molar-refractivity contribution is 0.387. The Morgan fingerprint density at radius 3 is 1.25 bits per heavy atom. The van der Waals surface area contributed by atoms with Crippen molar-refractivity contribution in [2.24, 2.45) is 21.8 Å². The summed E-state index contributed by atoms with van der Waals surface area (Å²) in [6.07, 6.45) is 20.9. The van der Waals surface area contributed by atoms with E-state index in [9.17, 15) is 0 Å². The van der Waals surface area contributed by atoms with E-state index < -0.39 is 0 Å². The first kappa shape index (κ1) is 14.3. The van der Waals surface area contributed by atoms with Crippen LogP contribution in [0.4, 0.5) is 0 Å². The molecule has 3 fully saturated rings. The van der Waals surface area contributed by atoms with Gasteiger partial charge in [0.1, 0.15) is 0 Å². The molecule has 0 aliphatic heterocycles. The van der Waals surface area contributed by atoms with Crippen LogP contribution in [-0.2, 0) is 0 Å². The average Bonchev–Trinajstić information content (AvgIpc) is 3.17. The lowest BCUT2D eigenvalue weighted by atomic mass is 9.91. The van der Waals surface area contributed by atoms with Crippen molar-refractivity contribution in [3.8, 4) is 0 Å². The Morgan fingerprint density at radius 1 is 0.500 bits per heavy atom. The number of hydrogen-bond donors (Lipinski definition) is 0. The van der Waals surface area contributed by atoms with Gasteiger partial charge in [-0.05, 0) is 50.4 Å². The van der Waals surface area contributed by atoms with Crippen LogP contribution < -0.4 is 0 Å². The molecule has 0 aromatic heterocycles. The summed E-state index contributed by atoms with van der Waals surface area (Å²) in [4.78, 5) is 9.91. The summed E-state index contributed by atoms with van der Waals surface area (Å²) in [7, 11) is 0. The van der Waals surface area contributed by atoms with Gasteiger partial charge in [-0.15, -0.1) is 0 Å². The number of rotatable bonds is 4. The Labute approximate surface area is 124 Å². The fraction of sp³-hybridized carbons (Fsp3) is 0.889. The van der Waals surface area contributed by atoms with Gasteiger partial charge in [-0.3, -0.25) is 9.98 Å². The van der Waals surface area contributed by atoms with Crippen LogP contribution in [0.15, 0.2) is 9.98 Å². The van der Waals surface area contributed by atoms with Crippen LogP contribution in [0.2, 0.25) is 0 Å². The van der Waals surface area contributed by atoms with Crippen LogP contribution >= 0.6 is 0 Å².